The van der Waals surface area contributed by atoms with Crippen molar-refractivity contribution in [2.75, 3.05) is 0 Å². The predicted molar refractivity (Wildman–Crippen MR) is 300 cm³/mol. The van der Waals surface area contributed by atoms with E-state index in [9.17, 15) is 5.11 Å². The van der Waals surface area contributed by atoms with Crippen molar-refractivity contribution in [1.29, 1.82) is 0 Å². The first-order valence-corrected chi connectivity index (χ1v) is 24.8. The zero-order valence-corrected chi connectivity index (χ0v) is 41.9. The van der Waals surface area contributed by atoms with Crippen molar-refractivity contribution in [2.45, 2.75) is 85.9 Å². The van der Waals surface area contributed by atoms with Crippen LogP contribution in [0.1, 0.15) is 112 Å². The number of imidazole rings is 1. The maximum atomic E-state index is 12.4. The van der Waals surface area contributed by atoms with Crippen molar-refractivity contribution in [1.82, 2.24) is 14.5 Å². The van der Waals surface area contributed by atoms with Crippen molar-refractivity contribution in [3.05, 3.63) is 216 Å². The Bertz CT molecular complexity index is 3720. The molecule has 0 saturated heterocycles. The van der Waals surface area contributed by atoms with E-state index in [0.29, 0.717) is 28.1 Å². The fourth-order valence-electron chi connectivity index (χ4n) is 9.71. The molecule has 0 saturated carbocycles. The summed E-state index contributed by atoms with van der Waals surface area (Å²) >= 11 is 0. The highest BCUT2D eigenvalue weighted by Gasteiger charge is 2.25. The molecule has 0 aliphatic heterocycles. The molecule has 0 aliphatic rings. The van der Waals surface area contributed by atoms with E-state index < -0.39 is 12.7 Å². The molecule has 0 fully saturated rings. The van der Waals surface area contributed by atoms with Gasteiger partial charge in [-0.2, -0.15) is 0 Å². The van der Waals surface area contributed by atoms with E-state index in [2.05, 4.69) is 151 Å². The number of phenols is 1. The Labute approximate surface area is 426 Å². The van der Waals surface area contributed by atoms with Crippen LogP contribution in [0.4, 0.5) is 0 Å². The van der Waals surface area contributed by atoms with Crippen molar-refractivity contribution in [3.63, 3.8) is 0 Å². The summed E-state index contributed by atoms with van der Waals surface area (Å²) in [5, 5.41) is 12.4. The van der Waals surface area contributed by atoms with Crippen LogP contribution < -0.4 is 0 Å². The Morgan fingerprint density at radius 1 is 0.465 bits per heavy atom. The van der Waals surface area contributed by atoms with Gasteiger partial charge >= 0.3 is 0 Å². The summed E-state index contributed by atoms with van der Waals surface area (Å²) in [6.45, 7) is 13.9. The second kappa shape index (κ2) is 19.5. The van der Waals surface area contributed by atoms with Gasteiger partial charge < -0.3 is 5.11 Å². The highest BCUT2D eigenvalue weighted by molar-refractivity contribution is 5.98. The monoisotopic (exact) mass is 930 g/mol. The minimum absolute atomic E-state index is 0.00633. The molecular weight excluding hydrogens is 863 g/mol. The quantitative estimate of drug-likeness (QED) is 0.133. The van der Waals surface area contributed by atoms with E-state index in [1.54, 1.807) is 6.07 Å². The van der Waals surface area contributed by atoms with E-state index in [0.717, 1.165) is 83.6 Å². The Hall–Kier alpha value is -7.82. The molecule has 71 heavy (non-hydrogen) atoms. The molecule has 8 aromatic carbocycles. The Morgan fingerprint density at radius 2 is 1.04 bits per heavy atom. The van der Waals surface area contributed by atoms with Crippen molar-refractivity contribution >= 4 is 11.0 Å². The number of hydrogen-bond acceptors (Lipinski definition) is 3. The Balaban J connectivity index is 1.21. The number of aromatic nitrogens is 3. The highest BCUT2D eigenvalue weighted by Crippen LogP contribution is 2.44. The molecule has 0 atom stereocenters. The van der Waals surface area contributed by atoms with Gasteiger partial charge in [-0.1, -0.05) is 183 Å². The van der Waals surface area contributed by atoms with Gasteiger partial charge in [0.15, 0.2) is 0 Å². The maximum Gasteiger partial charge on any atom is 0.149 e. The third kappa shape index (κ3) is 9.35. The minimum Gasteiger partial charge on any atom is -0.507 e. The third-order valence-electron chi connectivity index (χ3n) is 13.9. The van der Waals surface area contributed by atoms with Gasteiger partial charge in [0.2, 0.25) is 0 Å². The van der Waals surface area contributed by atoms with Gasteiger partial charge in [-0.25, -0.2) is 4.98 Å². The normalized spacial score (nSPS) is 12.9. The summed E-state index contributed by atoms with van der Waals surface area (Å²) < 4.78 is 38.3. The Kier molecular flexibility index (Phi) is 11.6. The standard InChI is InChI=1S/C67H63N3O/c1-41(2)52-32-53(42(3)4)34-56(33-52)50-27-28-63(45(9)31-50)70-64-22-16-21-59(65(64)69-67(70)61-39-54(43(5)6)38-60(44(7)8)66(61)71)57-35-55(47-19-14-11-15-20-47)36-58(37-57)62-40-51(29-30-68-62)49-25-23-48(24-26-49)46-17-12-10-13-18-46/h10-44,71H,1-9H3/i9D3,41D. The predicted octanol–water partition coefficient (Wildman–Crippen LogP) is 18.6. The number of para-hydroxylation sites is 1. The van der Waals surface area contributed by atoms with E-state index in [4.69, 9.17) is 15.5 Å². The molecule has 1 N–H and O–H groups in total. The molecular formula is C67H63N3O. The van der Waals surface area contributed by atoms with Crippen LogP contribution in [0.15, 0.2) is 188 Å². The van der Waals surface area contributed by atoms with Crippen LogP contribution in [-0.4, -0.2) is 19.6 Å². The minimum atomic E-state index is -2.56. The summed E-state index contributed by atoms with van der Waals surface area (Å²) in [6.07, 6.45) is 1.87. The van der Waals surface area contributed by atoms with E-state index in [1.807, 2.05) is 91.3 Å². The SMILES string of the molecule is [2H]C([2H])([2H])c1cc(-c2cc(C(C)C)cc(C([2H])(C)C)c2)ccc1-n1c(-c2cc(C(C)C)cc(C(C)C)c2O)nc2c(-c3cc(-c4ccccc4)cc(-c4cc(-c5ccc(-c6ccccc6)cc5)ccn4)c3)cccc21. The molecule has 2 aromatic heterocycles. The van der Waals surface area contributed by atoms with Gasteiger partial charge in [-0.3, -0.25) is 9.55 Å². The average Bonchev–Trinajstić information content (AvgIpc) is 3.81. The van der Waals surface area contributed by atoms with Gasteiger partial charge in [-0.05, 0) is 163 Å². The van der Waals surface area contributed by atoms with Gasteiger partial charge in [0, 0.05) is 22.8 Å². The lowest BCUT2D eigenvalue weighted by Gasteiger charge is -2.19. The number of aryl methyl sites for hydroxylation is 1. The highest BCUT2D eigenvalue weighted by atomic mass is 16.3. The van der Waals surface area contributed by atoms with Gasteiger partial charge in [-0.15, -0.1) is 0 Å². The number of rotatable bonds is 12. The number of fused-ring (bicyclic) bond motifs is 1. The zero-order chi connectivity index (χ0) is 52.9. The van der Waals surface area contributed by atoms with Crippen molar-refractivity contribution in [2.24, 2.45) is 0 Å². The summed E-state index contributed by atoms with van der Waals surface area (Å²) in [4.78, 5) is 10.5. The van der Waals surface area contributed by atoms with E-state index >= 15 is 0 Å². The number of benzene rings is 8. The number of pyridine rings is 1. The maximum absolute atomic E-state index is 12.4. The van der Waals surface area contributed by atoms with Gasteiger partial charge in [0.1, 0.15) is 11.6 Å². The van der Waals surface area contributed by atoms with Crippen LogP contribution in [0.3, 0.4) is 0 Å². The van der Waals surface area contributed by atoms with Crippen LogP contribution in [0.2, 0.25) is 0 Å². The molecule has 4 heteroatoms. The van der Waals surface area contributed by atoms with Crippen LogP contribution in [-0.2, 0) is 0 Å². The lowest BCUT2D eigenvalue weighted by molar-refractivity contribution is 0.466. The van der Waals surface area contributed by atoms with Gasteiger partial charge in [0.05, 0.1) is 28.0 Å². The molecule has 0 amide bonds. The molecule has 0 radical (unpaired) electrons. The lowest BCUT2D eigenvalue weighted by atomic mass is 9.90. The number of nitrogens with zero attached hydrogens (tertiary/aromatic N) is 3. The van der Waals surface area contributed by atoms with Crippen LogP contribution in [0.25, 0.3) is 95.0 Å². The topological polar surface area (TPSA) is 50.9 Å². The summed E-state index contributed by atoms with van der Waals surface area (Å²) in [5.41, 5.74) is 17.8. The molecule has 4 nitrogen and oxygen atoms in total. The van der Waals surface area contributed by atoms with Gasteiger partial charge in [0.25, 0.3) is 0 Å². The fourth-order valence-corrected chi connectivity index (χ4v) is 9.71. The molecule has 10 aromatic rings. The summed E-state index contributed by atoms with van der Waals surface area (Å²) in [7, 11) is 0. The molecule has 0 unspecified atom stereocenters. The summed E-state index contributed by atoms with van der Waals surface area (Å²) in [6, 6.07) is 62.1. The number of aromatic hydroxyl groups is 1. The first-order valence-electron chi connectivity index (χ1n) is 26.8. The van der Waals surface area contributed by atoms with Crippen molar-refractivity contribution in [3.8, 4) is 89.7 Å². The van der Waals surface area contributed by atoms with E-state index in [-0.39, 0.29) is 29.1 Å². The average molecular weight is 930 g/mol. The summed E-state index contributed by atoms with van der Waals surface area (Å²) in [5.74, 6) is 0.00416. The molecule has 2 heterocycles. The fraction of sp³-hybridized carbons (Fsp3) is 0.194. The van der Waals surface area contributed by atoms with Crippen LogP contribution in [0, 0.1) is 6.85 Å². The van der Waals surface area contributed by atoms with Crippen LogP contribution in [0.5, 0.6) is 5.75 Å². The second-order valence-corrected chi connectivity index (χ2v) is 20.0. The first-order chi connectivity index (χ1) is 35.8. The number of hydrogen-bond donors (Lipinski definition) is 1. The van der Waals surface area contributed by atoms with E-state index in [1.165, 1.54) is 5.56 Å². The molecule has 0 aliphatic carbocycles. The first kappa shape index (κ1) is 42.1. The Morgan fingerprint density at radius 3 is 1.70 bits per heavy atom. The zero-order valence-electron chi connectivity index (χ0n) is 45.9. The molecule has 352 valence electrons. The lowest BCUT2D eigenvalue weighted by Crippen LogP contribution is -2.03. The molecule has 10 rings (SSSR count). The smallest absolute Gasteiger partial charge is 0.149 e. The van der Waals surface area contributed by atoms with Crippen LogP contribution >= 0.6 is 0 Å². The molecule has 0 bridgehead atoms. The van der Waals surface area contributed by atoms with Crippen molar-refractivity contribution < 1.29 is 10.6 Å². The third-order valence-corrected chi connectivity index (χ3v) is 13.9. The number of phenolic OH excluding ortho intramolecular Hbond substituents is 1. The molecule has 0 spiro atoms. The largest absolute Gasteiger partial charge is 0.507 e. The second-order valence-electron chi connectivity index (χ2n) is 20.0.